The van der Waals surface area contributed by atoms with Crippen LogP contribution in [0.15, 0.2) is 24.5 Å². The molecule has 0 fully saturated rings. The highest BCUT2D eigenvalue weighted by atomic mass is 32.1. The summed E-state index contributed by atoms with van der Waals surface area (Å²) in [4.78, 5) is 10.1. The number of aromatic nitrogens is 2. The van der Waals surface area contributed by atoms with Crippen LogP contribution >= 0.6 is 11.3 Å². The second-order valence-corrected chi connectivity index (χ2v) is 5.40. The molecular formula is C14H19N3S. The number of pyridine rings is 1. The molecule has 0 aliphatic carbocycles. The van der Waals surface area contributed by atoms with E-state index in [1.807, 2.05) is 31.6 Å². The normalized spacial score (nSPS) is 12.6. The lowest BCUT2D eigenvalue weighted by Gasteiger charge is -2.12. The molecule has 2 heterocycles. The predicted molar refractivity (Wildman–Crippen MR) is 77.0 cm³/mol. The van der Waals surface area contributed by atoms with Gasteiger partial charge in [0.05, 0.1) is 5.69 Å². The fraction of sp³-hybridized carbons (Fsp3) is 0.429. The van der Waals surface area contributed by atoms with E-state index < -0.39 is 0 Å². The molecule has 2 aromatic heterocycles. The van der Waals surface area contributed by atoms with Crippen molar-refractivity contribution in [1.29, 1.82) is 0 Å². The Hall–Kier alpha value is -1.26. The van der Waals surface area contributed by atoms with E-state index in [4.69, 9.17) is 4.98 Å². The van der Waals surface area contributed by atoms with Crippen LogP contribution in [0.1, 0.15) is 29.8 Å². The summed E-state index contributed by atoms with van der Waals surface area (Å²) in [6.07, 6.45) is 4.77. The van der Waals surface area contributed by atoms with Crippen molar-refractivity contribution in [2.24, 2.45) is 0 Å². The summed E-state index contributed by atoms with van der Waals surface area (Å²) < 4.78 is 0. The first-order chi connectivity index (χ1) is 8.76. The first-order valence-corrected chi connectivity index (χ1v) is 7.10. The van der Waals surface area contributed by atoms with Crippen molar-refractivity contribution >= 4 is 11.3 Å². The lowest BCUT2D eigenvalue weighted by atomic mass is 10.0. The SMILES string of the molecule is CCC(CNC)c1sc(-c2ccncc2)nc1C. The van der Waals surface area contributed by atoms with Crippen LogP contribution in [0, 0.1) is 6.92 Å². The molecular weight excluding hydrogens is 242 g/mol. The maximum Gasteiger partial charge on any atom is 0.123 e. The number of hydrogen-bond acceptors (Lipinski definition) is 4. The number of likely N-dealkylation sites (N-methyl/N-ethyl adjacent to an activating group) is 1. The van der Waals surface area contributed by atoms with Gasteiger partial charge in [-0.15, -0.1) is 11.3 Å². The van der Waals surface area contributed by atoms with Gasteiger partial charge in [0.15, 0.2) is 0 Å². The van der Waals surface area contributed by atoms with Crippen LogP contribution < -0.4 is 5.32 Å². The molecule has 4 heteroatoms. The highest BCUT2D eigenvalue weighted by Crippen LogP contribution is 2.33. The second-order valence-electron chi connectivity index (χ2n) is 4.37. The molecule has 96 valence electrons. The summed E-state index contributed by atoms with van der Waals surface area (Å²) in [6.45, 7) is 5.34. The van der Waals surface area contributed by atoms with Crippen LogP contribution in [0.3, 0.4) is 0 Å². The summed E-state index contributed by atoms with van der Waals surface area (Å²) in [6, 6.07) is 4.03. The van der Waals surface area contributed by atoms with Crippen LogP contribution in [-0.2, 0) is 0 Å². The van der Waals surface area contributed by atoms with Crippen molar-refractivity contribution < 1.29 is 0 Å². The van der Waals surface area contributed by atoms with Gasteiger partial charge in [0.25, 0.3) is 0 Å². The Morgan fingerprint density at radius 3 is 2.67 bits per heavy atom. The monoisotopic (exact) mass is 261 g/mol. The minimum atomic E-state index is 0.558. The maximum atomic E-state index is 4.69. The first kappa shape index (κ1) is 13.2. The van der Waals surface area contributed by atoms with Gasteiger partial charge in [-0.2, -0.15) is 0 Å². The molecule has 0 radical (unpaired) electrons. The average Bonchev–Trinajstić information content (AvgIpc) is 2.79. The molecule has 0 aliphatic heterocycles. The van der Waals surface area contributed by atoms with Crippen LogP contribution in [0.4, 0.5) is 0 Å². The summed E-state index contributed by atoms with van der Waals surface area (Å²) in [5.74, 6) is 0.558. The topological polar surface area (TPSA) is 37.8 Å². The molecule has 2 rings (SSSR count). The molecule has 0 aliphatic rings. The Labute approximate surface area is 112 Å². The molecule has 2 aromatic rings. The largest absolute Gasteiger partial charge is 0.319 e. The smallest absolute Gasteiger partial charge is 0.123 e. The zero-order chi connectivity index (χ0) is 13.0. The third-order valence-corrected chi connectivity index (χ3v) is 4.44. The zero-order valence-electron chi connectivity index (χ0n) is 11.1. The van der Waals surface area contributed by atoms with Gasteiger partial charge in [0.1, 0.15) is 5.01 Å². The van der Waals surface area contributed by atoms with E-state index in [-0.39, 0.29) is 0 Å². The summed E-state index contributed by atoms with van der Waals surface area (Å²) in [5, 5.41) is 4.36. The number of hydrogen-bond donors (Lipinski definition) is 1. The molecule has 1 atom stereocenters. The molecule has 1 N–H and O–H groups in total. The Balaban J connectivity index is 2.32. The van der Waals surface area contributed by atoms with Gasteiger partial charge < -0.3 is 5.32 Å². The second kappa shape index (κ2) is 6.07. The van der Waals surface area contributed by atoms with Gasteiger partial charge in [0.2, 0.25) is 0 Å². The van der Waals surface area contributed by atoms with E-state index in [1.54, 1.807) is 11.3 Å². The zero-order valence-corrected chi connectivity index (χ0v) is 11.9. The van der Waals surface area contributed by atoms with Gasteiger partial charge >= 0.3 is 0 Å². The molecule has 3 nitrogen and oxygen atoms in total. The van der Waals surface area contributed by atoms with Crippen LogP contribution in [0.2, 0.25) is 0 Å². The molecule has 1 unspecified atom stereocenters. The summed E-state index contributed by atoms with van der Waals surface area (Å²) >= 11 is 1.81. The highest BCUT2D eigenvalue weighted by Gasteiger charge is 2.16. The Kier molecular flexibility index (Phi) is 4.44. The molecule has 0 saturated carbocycles. The van der Waals surface area contributed by atoms with Crippen molar-refractivity contribution in [3.8, 4) is 10.6 Å². The van der Waals surface area contributed by atoms with E-state index in [2.05, 4.69) is 24.1 Å². The molecule has 0 amide bonds. The molecule has 0 spiro atoms. The van der Waals surface area contributed by atoms with Gasteiger partial charge in [-0.1, -0.05) is 6.92 Å². The van der Waals surface area contributed by atoms with Gasteiger partial charge in [-0.05, 0) is 32.5 Å². The van der Waals surface area contributed by atoms with E-state index >= 15 is 0 Å². The van der Waals surface area contributed by atoms with Crippen LogP contribution in [0.5, 0.6) is 0 Å². The van der Waals surface area contributed by atoms with Crippen molar-refractivity contribution in [2.75, 3.05) is 13.6 Å². The van der Waals surface area contributed by atoms with E-state index in [1.165, 1.54) is 4.88 Å². The van der Waals surface area contributed by atoms with E-state index in [0.717, 1.165) is 29.2 Å². The molecule has 0 bridgehead atoms. The Bertz CT molecular complexity index is 493. The summed E-state index contributed by atoms with van der Waals surface area (Å²) in [7, 11) is 2.00. The van der Waals surface area contributed by atoms with Gasteiger partial charge in [0, 0.05) is 35.3 Å². The van der Waals surface area contributed by atoms with Gasteiger partial charge in [-0.3, -0.25) is 4.98 Å². The predicted octanol–water partition coefficient (Wildman–Crippen LogP) is 3.23. The average molecular weight is 261 g/mol. The van der Waals surface area contributed by atoms with Crippen molar-refractivity contribution in [1.82, 2.24) is 15.3 Å². The number of rotatable bonds is 5. The minimum absolute atomic E-state index is 0.558. The third kappa shape index (κ3) is 2.76. The lowest BCUT2D eigenvalue weighted by Crippen LogP contribution is -2.16. The van der Waals surface area contributed by atoms with Crippen LogP contribution in [-0.4, -0.2) is 23.6 Å². The first-order valence-electron chi connectivity index (χ1n) is 6.28. The third-order valence-electron chi connectivity index (χ3n) is 3.07. The van der Waals surface area contributed by atoms with Crippen molar-refractivity contribution in [3.05, 3.63) is 35.1 Å². The Morgan fingerprint density at radius 1 is 1.33 bits per heavy atom. The molecule has 0 aromatic carbocycles. The van der Waals surface area contributed by atoms with Crippen molar-refractivity contribution in [2.45, 2.75) is 26.2 Å². The lowest BCUT2D eigenvalue weighted by molar-refractivity contribution is 0.616. The highest BCUT2D eigenvalue weighted by molar-refractivity contribution is 7.15. The number of nitrogens with zero attached hydrogens (tertiary/aromatic N) is 2. The Morgan fingerprint density at radius 2 is 2.06 bits per heavy atom. The quantitative estimate of drug-likeness (QED) is 0.898. The summed E-state index contributed by atoms with van der Waals surface area (Å²) in [5.41, 5.74) is 2.32. The minimum Gasteiger partial charge on any atom is -0.319 e. The standard InChI is InChI=1S/C14H19N3S/c1-4-11(9-15-3)13-10(2)17-14(18-13)12-5-7-16-8-6-12/h5-8,11,15H,4,9H2,1-3H3. The number of aryl methyl sites for hydroxylation is 1. The van der Waals surface area contributed by atoms with E-state index in [0.29, 0.717) is 5.92 Å². The van der Waals surface area contributed by atoms with Gasteiger partial charge in [-0.25, -0.2) is 4.98 Å². The molecule has 0 saturated heterocycles. The molecule has 18 heavy (non-hydrogen) atoms. The number of thiazole rings is 1. The van der Waals surface area contributed by atoms with Crippen molar-refractivity contribution in [3.63, 3.8) is 0 Å². The van der Waals surface area contributed by atoms with Crippen LogP contribution in [0.25, 0.3) is 10.6 Å². The fourth-order valence-corrected chi connectivity index (χ4v) is 3.33. The maximum absolute atomic E-state index is 4.69. The fourth-order valence-electron chi connectivity index (χ4n) is 2.07. The van der Waals surface area contributed by atoms with E-state index in [9.17, 15) is 0 Å². The number of nitrogens with one attached hydrogen (secondary N) is 1.